The second-order valence-corrected chi connectivity index (χ2v) is 7.96. The molecule has 1 amide bonds. The van der Waals surface area contributed by atoms with Crippen molar-refractivity contribution in [3.8, 4) is 0 Å². The van der Waals surface area contributed by atoms with Crippen molar-refractivity contribution in [2.75, 3.05) is 33.2 Å². The lowest BCUT2D eigenvalue weighted by Gasteiger charge is -2.32. The van der Waals surface area contributed by atoms with Crippen LogP contribution in [-0.2, 0) is 17.9 Å². The second-order valence-electron chi connectivity index (χ2n) is 7.96. The van der Waals surface area contributed by atoms with E-state index in [1.807, 2.05) is 25.5 Å². The second kappa shape index (κ2) is 8.02. The van der Waals surface area contributed by atoms with E-state index in [9.17, 15) is 14.0 Å². The highest BCUT2D eigenvalue weighted by Gasteiger charge is 2.22. The van der Waals surface area contributed by atoms with Crippen molar-refractivity contribution in [1.29, 1.82) is 0 Å². The molecule has 2 aromatic heterocycles. The number of halogens is 1. The summed E-state index contributed by atoms with van der Waals surface area (Å²) in [5, 5.41) is 5.63. The van der Waals surface area contributed by atoms with Gasteiger partial charge in [-0.1, -0.05) is 12.1 Å². The molecule has 0 N–H and O–H groups in total. The van der Waals surface area contributed by atoms with Crippen molar-refractivity contribution in [2.45, 2.75) is 26.9 Å². The van der Waals surface area contributed by atoms with Crippen LogP contribution in [0.1, 0.15) is 17.0 Å². The number of fused-ring (bicyclic) bond motifs is 1. The van der Waals surface area contributed by atoms with Gasteiger partial charge in [-0.3, -0.25) is 9.59 Å². The van der Waals surface area contributed by atoms with Crippen LogP contribution in [0.4, 0.5) is 4.39 Å². The number of carbonyl (C=O) groups excluding carboxylic acids is 1. The summed E-state index contributed by atoms with van der Waals surface area (Å²) in [6, 6.07) is 6.34. The highest BCUT2D eigenvalue weighted by Crippen LogP contribution is 2.23. The van der Waals surface area contributed by atoms with E-state index in [2.05, 4.69) is 10.00 Å². The smallest absolute Gasteiger partial charge is 0.276 e. The van der Waals surface area contributed by atoms with Gasteiger partial charge in [0, 0.05) is 49.5 Å². The van der Waals surface area contributed by atoms with Gasteiger partial charge in [0.05, 0.1) is 11.6 Å². The maximum absolute atomic E-state index is 13.2. The summed E-state index contributed by atoms with van der Waals surface area (Å²) in [6.45, 7) is 7.31. The highest BCUT2D eigenvalue weighted by molar-refractivity contribution is 5.87. The summed E-state index contributed by atoms with van der Waals surface area (Å²) in [4.78, 5) is 29.8. The number of carbonyl (C=O) groups is 1. The summed E-state index contributed by atoms with van der Waals surface area (Å²) in [5.74, 6) is -0.362. The Hall–Kier alpha value is -3.00. The van der Waals surface area contributed by atoms with Crippen LogP contribution in [-0.4, -0.2) is 63.3 Å². The summed E-state index contributed by atoms with van der Waals surface area (Å²) < 4.78 is 16.5. The third-order valence-corrected chi connectivity index (χ3v) is 6.00. The molecule has 0 atom stereocenters. The van der Waals surface area contributed by atoms with Crippen LogP contribution in [0, 0.1) is 19.7 Å². The lowest BCUT2D eigenvalue weighted by molar-refractivity contribution is -0.133. The molecule has 0 spiro atoms. The molecule has 8 heteroatoms. The first-order valence-electron chi connectivity index (χ1n) is 10.1. The van der Waals surface area contributed by atoms with E-state index in [1.165, 1.54) is 16.8 Å². The predicted octanol–water partition coefficient (Wildman–Crippen LogP) is 1.78. The van der Waals surface area contributed by atoms with Crippen LogP contribution in [0.15, 0.2) is 35.3 Å². The van der Waals surface area contributed by atoms with Crippen molar-refractivity contribution in [3.05, 3.63) is 63.6 Å². The van der Waals surface area contributed by atoms with Gasteiger partial charge < -0.3 is 14.4 Å². The Morgan fingerprint density at radius 1 is 1.07 bits per heavy atom. The molecule has 4 rings (SSSR count). The van der Waals surface area contributed by atoms with E-state index in [0.717, 1.165) is 35.4 Å². The molecule has 0 unspecified atom stereocenters. The summed E-state index contributed by atoms with van der Waals surface area (Å²) >= 11 is 0. The lowest BCUT2D eigenvalue weighted by atomic mass is 10.2. The van der Waals surface area contributed by atoms with E-state index in [4.69, 9.17) is 0 Å². The summed E-state index contributed by atoms with van der Waals surface area (Å²) in [6.07, 6.45) is 1.66. The molecule has 1 saturated heterocycles. The Balaban J connectivity index is 1.63. The normalized spacial score (nSPS) is 15.1. The van der Waals surface area contributed by atoms with Crippen molar-refractivity contribution in [1.82, 2.24) is 24.1 Å². The first-order chi connectivity index (χ1) is 14.3. The maximum atomic E-state index is 13.2. The quantitative estimate of drug-likeness (QED) is 0.657. The molecule has 0 saturated carbocycles. The highest BCUT2D eigenvalue weighted by atomic mass is 19.1. The Kier molecular flexibility index (Phi) is 5.42. The van der Waals surface area contributed by atoms with E-state index >= 15 is 0 Å². The standard InChI is InChI=1S/C22H26FN5O2/c1-15-19-12-24-28(14-20(29)26-10-8-25(3)9-11-26)22(30)21(19)16(2)27(15)13-17-4-6-18(23)7-5-17/h4-7,12H,8-11,13-14H2,1-3H3. The molecule has 0 bridgehead atoms. The molecule has 0 radical (unpaired) electrons. The van der Waals surface area contributed by atoms with Crippen molar-refractivity contribution in [2.24, 2.45) is 0 Å². The van der Waals surface area contributed by atoms with Gasteiger partial charge in [0.2, 0.25) is 5.91 Å². The Morgan fingerprint density at radius 2 is 1.73 bits per heavy atom. The van der Waals surface area contributed by atoms with E-state index < -0.39 is 0 Å². The molecule has 158 valence electrons. The van der Waals surface area contributed by atoms with Crippen molar-refractivity contribution in [3.63, 3.8) is 0 Å². The number of nitrogens with zero attached hydrogens (tertiary/aromatic N) is 5. The molecule has 1 aliphatic rings. The number of rotatable bonds is 4. The number of likely N-dealkylation sites (N-methyl/N-ethyl adjacent to an activating group) is 1. The molecule has 1 aromatic carbocycles. The number of piperazine rings is 1. The van der Waals surface area contributed by atoms with E-state index in [-0.39, 0.29) is 23.8 Å². The van der Waals surface area contributed by atoms with Gasteiger partial charge in [0.1, 0.15) is 12.4 Å². The molecular weight excluding hydrogens is 385 g/mol. The number of aromatic nitrogens is 3. The minimum absolute atomic E-state index is 0.0554. The van der Waals surface area contributed by atoms with Gasteiger partial charge >= 0.3 is 0 Å². The Labute approximate surface area is 174 Å². The van der Waals surface area contributed by atoms with Gasteiger partial charge in [-0.25, -0.2) is 9.07 Å². The van der Waals surface area contributed by atoms with Crippen LogP contribution < -0.4 is 5.56 Å². The molecule has 1 aliphatic heterocycles. The lowest BCUT2D eigenvalue weighted by Crippen LogP contribution is -2.48. The summed E-state index contributed by atoms with van der Waals surface area (Å²) in [7, 11) is 2.03. The molecule has 1 fully saturated rings. The average molecular weight is 411 g/mol. The van der Waals surface area contributed by atoms with Gasteiger partial charge in [-0.15, -0.1) is 0 Å². The number of benzene rings is 1. The van der Waals surface area contributed by atoms with Gasteiger partial charge in [-0.2, -0.15) is 5.10 Å². The van der Waals surface area contributed by atoms with Crippen LogP contribution in [0.2, 0.25) is 0 Å². The molecule has 3 heterocycles. The zero-order valence-electron chi connectivity index (χ0n) is 17.6. The molecular formula is C22H26FN5O2. The molecule has 30 heavy (non-hydrogen) atoms. The van der Waals surface area contributed by atoms with Crippen LogP contribution >= 0.6 is 0 Å². The number of aryl methyl sites for hydroxylation is 2. The van der Waals surface area contributed by atoms with Crippen LogP contribution in [0.5, 0.6) is 0 Å². The van der Waals surface area contributed by atoms with Crippen LogP contribution in [0.3, 0.4) is 0 Å². The van der Waals surface area contributed by atoms with Crippen molar-refractivity contribution < 1.29 is 9.18 Å². The SMILES string of the molecule is Cc1c2cnn(CC(=O)N3CCN(C)CC3)c(=O)c2c(C)n1Cc1ccc(F)cc1. The maximum Gasteiger partial charge on any atom is 0.276 e. The topological polar surface area (TPSA) is 63.4 Å². The molecule has 0 aliphatic carbocycles. The minimum Gasteiger partial charge on any atom is -0.343 e. The van der Waals surface area contributed by atoms with Crippen molar-refractivity contribution >= 4 is 16.7 Å². The largest absolute Gasteiger partial charge is 0.343 e. The Bertz CT molecular complexity index is 1140. The average Bonchev–Trinajstić information content (AvgIpc) is 2.97. The van der Waals surface area contributed by atoms with Gasteiger partial charge in [-0.05, 0) is 38.6 Å². The minimum atomic E-state index is -0.276. The molecule has 3 aromatic rings. The number of hydrogen-bond acceptors (Lipinski definition) is 4. The fraction of sp³-hybridized carbons (Fsp3) is 0.409. The third kappa shape index (κ3) is 3.75. The predicted molar refractivity (Wildman–Crippen MR) is 113 cm³/mol. The zero-order valence-corrected chi connectivity index (χ0v) is 17.6. The Morgan fingerprint density at radius 3 is 2.40 bits per heavy atom. The fourth-order valence-electron chi connectivity index (χ4n) is 4.05. The first kappa shape index (κ1) is 20.3. The number of hydrogen-bond donors (Lipinski definition) is 0. The van der Waals surface area contributed by atoms with E-state index in [0.29, 0.717) is 25.0 Å². The fourth-order valence-corrected chi connectivity index (χ4v) is 4.05. The number of amides is 1. The third-order valence-electron chi connectivity index (χ3n) is 6.00. The van der Waals surface area contributed by atoms with Crippen LogP contribution in [0.25, 0.3) is 10.8 Å². The first-order valence-corrected chi connectivity index (χ1v) is 10.1. The molecule has 7 nitrogen and oxygen atoms in total. The summed E-state index contributed by atoms with van der Waals surface area (Å²) in [5.41, 5.74) is 2.43. The van der Waals surface area contributed by atoms with E-state index in [1.54, 1.807) is 23.2 Å². The van der Waals surface area contributed by atoms with Gasteiger partial charge in [0.25, 0.3) is 5.56 Å². The monoisotopic (exact) mass is 411 g/mol. The zero-order chi connectivity index (χ0) is 21.4. The van der Waals surface area contributed by atoms with Gasteiger partial charge in [0.15, 0.2) is 0 Å².